The molecule has 1 N–H and O–H groups in total. The van der Waals surface area contributed by atoms with Crippen LogP contribution in [0.5, 0.6) is 0 Å². The van der Waals surface area contributed by atoms with Crippen LogP contribution in [0.25, 0.3) is 26.8 Å². The molecule has 1 aromatic heterocycles. The molecule has 1 aliphatic heterocycles. The number of aliphatic hydroxyl groups excluding tert-OH is 1. The van der Waals surface area contributed by atoms with Crippen LogP contribution in [0.3, 0.4) is 0 Å². The number of thiophene rings is 1. The molecular weight excluding hydrogens is 510 g/mol. The van der Waals surface area contributed by atoms with Gasteiger partial charge in [-0.25, -0.2) is 0 Å². The zero-order chi connectivity index (χ0) is 26.2. The number of hydrogen-bond donors (Lipinski definition) is 1. The van der Waals surface area contributed by atoms with Gasteiger partial charge in [-0.05, 0) is 58.3 Å². The second-order valence-corrected chi connectivity index (χ2v) is 11.1. The van der Waals surface area contributed by atoms with Gasteiger partial charge in [0.25, 0.3) is 5.91 Å². The van der Waals surface area contributed by atoms with Gasteiger partial charge in [0.2, 0.25) is 0 Å². The fourth-order valence-corrected chi connectivity index (χ4v) is 6.62. The number of carbonyl (C=O) groups excluding carboxylic acids is 1. The summed E-state index contributed by atoms with van der Waals surface area (Å²) < 4.78 is 1.05. The lowest BCUT2D eigenvalue weighted by molar-refractivity contribution is -0.126. The van der Waals surface area contributed by atoms with E-state index in [0.717, 1.165) is 42.8 Å². The van der Waals surface area contributed by atoms with Crippen LogP contribution >= 0.6 is 22.9 Å². The molecule has 5 aromatic rings. The van der Waals surface area contributed by atoms with Crippen LogP contribution in [0, 0.1) is 6.92 Å². The molecule has 38 heavy (non-hydrogen) atoms. The predicted molar refractivity (Wildman–Crippen MR) is 157 cm³/mol. The van der Waals surface area contributed by atoms with E-state index in [4.69, 9.17) is 11.6 Å². The molecule has 0 saturated heterocycles. The molecule has 3 nitrogen and oxygen atoms in total. The third-order valence-electron chi connectivity index (χ3n) is 7.23. The summed E-state index contributed by atoms with van der Waals surface area (Å²) in [5, 5.41) is 13.2. The molecule has 0 bridgehead atoms. The average molecular weight is 536 g/mol. The molecule has 188 valence electrons. The predicted octanol–water partition coefficient (Wildman–Crippen LogP) is 8.45. The molecule has 0 unspecified atom stereocenters. The Morgan fingerprint density at radius 3 is 2.21 bits per heavy atom. The van der Waals surface area contributed by atoms with E-state index in [9.17, 15) is 9.90 Å². The van der Waals surface area contributed by atoms with Crippen molar-refractivity contribution in [3.8, 4) is 11.1 Å². The summed E-state index contributed by atoms with van der Waals surface area (Å²) in [5.41, 5.74) is 5.74. The molecule has 1 aliphatic rings. The van der Waals surface area contributed by atoms with Gasteiger partial charge in [-0.3, -0.25) is 4.79 Å². The first kappa shape index (κ1) is 24.5. The Morgan fingerprint density at radius 2 is 1.50 bits per heavy atom. The molecular formula is C33H26ClNO2S. The molecule has 6 rings (SSSR count). The molecule has 1 atom stereocenters. The lowest BCUT2D eigenvalue weighted by Gasteiger charge is -2.26. The fourth-order valence-electron chi connectivity index (χ4n) is 5.21. The highest BCUT2D eigenvalue weighted by Crippen LogP contribution is 2.42. The minimum Gasteiger partial charge on any atom is -0.509 e. The van der Waals surface area contributed by atoms with Crippen LogP contribution in [-0.4, -0.2) is 22.0 Å². The first-order valence-corrected chi connectivity index (χ1v) is 13.8. The van der Waals surface area contributed by atoms with Crippen molar-refractivity contribution in [1.82, 2.24) is 4.90 Å². The second-order valence-electron chi connectivity index (χ2n) is 9.66. The number of amides is 1. The smallest absolute Gasteiger partial charge is 0.259 e. The van der Waals surface area contributed by atoms with Crippen LogP contribution in [-0.2, 0) is 17.8 Å². The van der Waals surface area contributed by atoms with Crippen molar-refractivity contribution in [2.45, 2.75) is 25.9 Å². The number of aryl methyl sites for hydroxylation is 1. The quantitative estimate of drug-likeness (QED) is 0.237. The summed E-state index contributed by atoms with van der Waals surface area (Å²) in [6, 6.07) is 33.9. The summed E-state index contributed by atoms with van der Waals surface area (Å²) >= 11 is 7.79. The van der Waals surface area contributed by atoms with Gasteiger partial charge in [0.15, 0.2) is 0 Å². The maximum Gasteiger partial charge on any atom is 0.259 e. The van der Waals surface area contributed by atoms with E-state index in [2.05, 4.69) is 36.4 Å². The van der Waals surface area contributed by atoms with Crippen molar-refractivity contribution < 1.29 is 9.90 Å². The largest absolute Gasteiger partial charge is 0.509 e. The zero-order valence-corrected chi connectivity index (χ0v) is 22.5. The Bertz CT molecular complexity index is 1660. The number of halogens is 1. The monoisotopic (exact) mass is 535 g/mol. The molecule has 0 fully saturated rings. The van der Waals surface area contributed by atoms with E-state index >= 15 is 0 Å². The van der Waals surface area contributed by atoms with E-state index in [1.54, 1.807) is 0 Å². The van der Waals surface area contributed by atoms with E-state index in [-0.39, 0.29) is 11.7 Å². The van der Waals surface area contributed by atoms with Gasteiger partial charge in [-0.2, -0.15) is 0 Å². The highest BCUT2D eigenvalue weighted by molar-refractivity contribution is 7.20. The van der Waals surface area contributed by atoms with Gasteiger partial charge in [0.1, 0.15) is 5.76 Å². The summed E-state index contributed by atoms with van der Waals surface area (Å²) in [6.45, 7) is 2.41. The first-order chi connectivity index (χ1) is 18.5. The van der Waals surface area contributed by atoms with Gasteiger partial charge in [-0.1, -0.05) is 96.5 Å². The molecule has 0 radical (unpaired) electrons. The van der Waals surface area contributed by atoms with Crippen LogP contribution < -0.4 is 0 Å². The van der Waals surface area contributed by atoms with Crippen LogP contribution in [0.4, 0.5) is 0 Å². The maximum absolute atomic E-state index is 14.0. The van der Waals surface area contributed by atoms with Crippen molar-refractivity contribution in [3.63, 3.8) is 0 Å². The third kappa shape index (κ3) is 4.51. The third-order valence-corrected chi connectivity index (χ3v) is 8.76. The van der Waals surface area contributed by atoms with Gasteiger partial charge >= 0.3 is 0 Å². The number of rotatable bonds is 6. The standard InChI is InChI=1S/C33H26ClNO2S/c1-21-27-19-26(34)16-17-29(27)38-32(21)30-31(36)28(18-22-8-4-2-5-9-22)35(33(30)37)20-23-12-14-25(15-13-23)24-10-6-3-7-11-24/h2-17,19,28,36H,18,20H2,1H3/t28-/m1/s1. The summed E-state index contributed by atoms with van der Waals surface area (Å²) in [4.78, 5) is 16.6. The minimum atomic E-state index is -0.443. The van der Waals surface area contributed by atoms with Gasteiger partial charge < -0.3 is 10.0 Å². The highest BCUT2D eigenvalue weighted by Gasteiger charge is 2.41. The van der Waals surface area contributed by atoms with Gasteiger partial charge in [0.05, 0.1) is 11.6 Å². The Balaban J connectivity index is 1.37. The molecule has 2 heterocycles. The zero-order valence-electron chi connectivity index (χ0n) is 20.9. The molecule has 0 saturated carbocycles. The van der Waals surface area contributed by atoms with E-state index in [0.29, 0.717) is 23.6 Å². The van der Waals surface area contributed by atoms with E-state index in [1.165, 1.54) is 11.3 Å². The molecule has 1 amide bonds. The van der Waals surface area contributed by atoms with Crippen LogP contribution in [0.1, 0.15) is 21.6 Å². The van der Waals surface area contributed by atoms with Crippen LogP contribution in [0.15, 0.2) is 109 Å². The van der Waals surface area contributed by atoms with Gasteiger partial charge in [0, 0.05) is 27.6 Å². The van der Waals surface area contributed by atoms with Crippen molar-refractivity contribution in [1.29, 1.82) is 0 Å². The molecule has 0 aliphatic carbocycles. The number of benzene rings is 4. The van der Waals surface area contributed by atoms with Crippen molar-refractivity contribution >= 4 is 44.5 Å². The van der Waals surface area contributed by atoms with E-state index < -0.39 is 6.04 Å². The molecule has 4 aromatic carbocycles. The SMILES string of the molecule is Cc1c(C2=C(O)[C@@H](Cc3ccccc3)N(Cc3ccc(-c4ccccc4)cc3)C2=O)sc2ccc(Cl)cc12. The Kier molecular flexibility index (Phi) is 6.52. The van der Waals surface area contributed by atoms with Gasteiger partial charge in [-0.15, -0.1) is 11.3 Å². The Hall–Kier alpha value is -3.86. The number of aliphatic hydroxyl groups is 1. The summed E-state index contributed by atoms with van der Waals surface area (Å²) in [7, 11) is 0. The van der Waals surface area contributed by atoms with E-state index in [1.807, 2.05) is 78.6 Å². The fraction of sp³-hybridized carbons (Fsp3) is 0.121. The van der Waals surface area contributed by atoms with Crippen LogP contribution in [0.2, 0.25) is 5.02 Å². The van der Waals surface area contributed by atoms with Crippen molar-refractivity contribution in [2.24, 2.45) is 0 Å². The minimum absolute atomic E-state index is 0.139. The Labute approximate surface area is 231 Å². The first-order valence-electron chi connectivity index (χ1n) is 12.6. The maximum atomic E-state index is 14.0. The molecule has 5 heteroatoms. The number of carbonyl (C=O) groups is 1. The van der Waals surface area contributed by atoms with Crippen molar-refractivity contribution in [2.75, 3.05) is 0 Å². The average Bonchev–Trinajstić information content (AvgIpc) is 3.37. The second kappa shape index (κ2) is 10.1. The lowest BCUT2D eigenvalue weighted by Crippen LogP contribution is -2.36. The highest BCUT2D eigenvalue weighted by atomic mass is 35.5. The number of hydrogen-bond acceptors (Lipinski definition) is 3. The topological polar surface area (TPSA) is 40.5 Å². The summed E-state index contributed by atoms with van der Waals surface area (Å²) in [5.74, 6) is -0.00293. The van der Waals surface area contributed by atoms with Crippen molar-refractivity contribution in [3.05, 3.63) is 135 Å². The molecule has 0 spiro atoms. The normalized spacial score (nSPS) is 15.6. The lowest BCUT2D eigenvalue weighted by atomic mass is 10.0. The number of nitrogens with zero attached hydrogens (tertiary/aromatic N) is 1. The summed E-state index contributed by atoms with van der Waals surface area (Å²) in [6.07, 6.45) is 0.541. The number of fused-ring (bicyclic) bond motifs is 1. The Morgan fingerprint density at radius 1 is 0.842 bits per heavy atom.